The summed E-state index contributed by atoms with van der Waals surface area (Å²) in [4.78, 5) is 3.96. The Balaban J connectivity index is 2.02. The highest BCUT2D eigenvalue weighted by atomic mass is 35.5. The van der Waals surface area contributed by atoms with Crippen molar-refractivity contribution in [2.75, 3.05) is 0 Å². The average molecular weight is 272 g/mol. The molecule has 1 aromatic heterocycles. The number of hydrogen-bond donors (Lipinski definition) is 0. The molecule has 0 aliphatic heterocycles. The monoisotopic (exact) mass is 271 g/mol. The van der Waals surface area contributed by atoms with Crippen LogP contribution in [0, 0.1) is 11.2 Å². The molecule has 0 aromatic carbocycles. The van der Waals surface area contributed by atoms with Crippen LogP contribution in [0.5, 0.6) is 5.88 Å². The van der Waals surface area contributed by atoms with Crippen LogP contribution in [0.4, 0.5) is 4.39 Å². The van der Waals surface area contributed by atoms with Crippen molar-refractivity contribution in [3.05, 3.63) is 23.6 Å². The van der Waals surface area contributed by atoms with Crippen molar-refractivity contribution in [3.63, 3.8) is 0 Å². The zero-order valence-electron chi connectivity index (χ0n) is 10.9. The van der Waals surface area contributed by atoms with Gasteiger partial charge in [-0.2, -0.15) is 0 Å². The van der Waals surface area contributed by atoms with Gasteiger partial charge in [-0.15, -0.1) is 11.6 Å². The zero-order chi connectivity index (χ0) is 13.2. The maximum atomic E-state index is 13.9. The summed E-state index contributed by atoms with van der Waals surface area (Å²) in [5, 5.41) is 0. The highest BCUT2D eigenvalue weighted by molar-refractivity contribution is 6.17. The van der Waals surface area contributed by atoms with Gasteiger partial charge in [0, 0.05) is 11.8 Å². The summed E-state index contributed by atoms with van der Waals surface area (Å²) >= 11 is 5.66. The van der Waals surface area contributed by atoms with Crippen LogP contribution < -0.4 is 4.74 Å². The predicted molar refractivity (Wildman–Crippen MR) is 70.4 cm³/mol. The van der Waals surface area contributed by atoms with E-state index < -0.39 is 5.82 Å². The molecule has 0 spiro atoms. The Labute approximate surface area is 113 Å². The largest absolute Gasteiger partial charge is 0.472 e. The lowest BCUT2D eigenvalue weighted by atomic mass is 9.76. The Morgan fingerprint density at radius 2 is 2.11 bits per heavy atom. The third-order valence-corrected chi connectivity index (χ3v) is 3.93. The molecule has 1 aliphatic carbocycles. The second-order valence-electron chi connectivity index (χ2n) is 5.70. The summed E-state index contributed by atoms with van der Waals surface area (Å²) in [6.45, 7) is 4.52. The van der Waals surface area contributed by atoms with Crippen LogP contribution in [0.15, 0.2) is 12.3 Å². The summed E-state index contributed by atoms with van der Waals surface area (Å²) in [5.74, 6) is -0.183. The highest BCUT2D eigenvalue weighted by Gasteiger charge is 2.28. The summed E-state index contributed by atoms with van der Waals surface area (Å²) in [6.07, 6.45) is 5.75. The van der Waals surface area contributed by atoms with Crippen molar-refractivity contribution in [3.8, 4) is 5.88 Å². The van der Waals surface area contributed by atoms with Gasteiger partial charge in [-0.25, -0.2) is 9.37 Å². The normalized spacial score (nSPS) is 19.8. The molecule has 2 nitrogen and oxygen atoms in total. The Bertz CT molecular complexity index is 412. The summed E-state index contributed by atoms with van der Waals surface area (Å²) in [5.41, 5.74) is 0.821. The quantitative estimate of drug-likeness (QED) is 0.765. The van der Waals surface area contributed by atoms with Gasteiger partial charge in [0.05, 0.1) is 5.88 Å². The number of nitrogens with zero attached hydrogens (tertiary/aromatic N) is 1. The van der Waals surface area contributed by atoms with E-state index in [0.717, 1.165) is 25.7 Å². The molecule has 1 fully saturated rings. The first-order valence-electron chi connectivity index (χ1n) is 6.38. The Hall–Kier alpha value is -0.830. The van der Waals surface area contributed by atoms with Crippen LogP contribution in [0.3, 0.4) is 0 Å². The van der Waals surface area contributed by atoms with E-state index >= 15 is 0 Å². The zero-order valence-corrected chi connectivity index (χ0v) is 11.6. The molecule has 0 amide bonds. The van der Waals surface area contributed by atoms with Crippen molar-refractivity contribution in [2.24, 2.45) is 5.41 Å². The van der Waals surface area contributed by atoms with Gasteiger partial charge >= 0.3 is 0 Å². The first-order valence-corrected chi connectivity index (χ1v) is 6.91. The van der Waals surface area contributed by atoms with Gasteiger partial charge in [-0.1, -0.05) is 13.8 Å². The molecule has 0 N–H and O–H groups in total. The fraction of sp³-hybridized carbons (Fsp3) is 0.643. The lowest BCUT2D eigenvalue weighted by molar-refractivity contribution is 0.0909. The molecular formula is C14H19ClFNO. The summed E-state index contributed by atoms with van der Waals surface area (Å²) in [6, 6.07) is 1.58. The topological polar surface area (TPSA) is 22.1 Å². The maximum Gasteiger partial charge on any atom is 0.250 e. The smallest absolute Gasteiger partial charge is 0.250 e. The van der Waals surface area contributed by atoms with Crippen LogP contribution in [0.2, 0.25) is 0 Å². The van der Waals surface area contributed by atoms with E-state index in [2.05, 4.69) is 18.8 Å². The Morgan fingerprint density at radius 3 is 2.72 bits per heavy atom. The van der Waals surface area contributed by atoms with E-state index in [1.54, 1.807) is 12.3 Å². The molecule has 0 unspecified atom stereocenters. The first kappa shape index (κ1) is 13.6. The third-order valence-electron chi connectivity index (χ3n) is 3.65. The van der Waals surface area contributed by atoms with Gasteiger partial charge < -0.3 is 4.74 Å². The molecule has 0 radical (unpaired) electrons. The molecule has 0 atom stereocenters. The molecule has 100 valence electrons. The molecule has 1 saturated carbocycles. The SMILES string of the molecule is CC1(C)CCC(Oc2nccc(CCl)c2F)CC1. The molecule has 18 heavy (non-hydrogen) atoms. The van der Waals surface area contributed by atoms with Gasteiger partial charge in [0.25, 0.3) is 5.88 Å². The van der Waals surface area contributed by atoms with Crippen molar-refractivity contribution in [1.82, 2.24) is 4.98 Å². The average Bonchev–Trinajstić information content (AvgIpc) is 2.34. The molecular weight excluding hydrogens is 253 g/mol. The number of halogens is 2. The number of ether oxygens (including phenoxy) is 1. The predicted octanol–water partition coefficient (Wildman–Crippen LogP) is 4.31. The maximum absolute atomic E-state index is 13.9. The third kappa shape index (κ3) is 3.14. The highest BCUT2D eigenvalue weighted by Crippen LogP contribution is 2.36. The van der Waals surface area contributed by atoms with Gasteiger partial charge in [-0.3, -0.25) is 0 Å². The van der Waals surface area contributed by atoms with E-state index in [1.165, 1.54) is 0 Å². The second-order valence-corrected chi connectivity index (χ2v) is 5.97. The minimum absolute atomic E-state index is 0.0746. The van der Waals surface area contributed by atoms with Crippen LogP contribution in [0.25, 0.3) is 0 Å². The molecule has 1 heterocycles. The van der Waals surface area contributed by atoms with E-state index in [1.807, 2.05) is 0 Å². The molecule has 4 heteroatoms. The second kappa shape index (κ2) is 5.43. The minimum atomic E-state index is -0.419. The van der Waals surface area contributed by atoms with Crippen LogP contribution >= 0.6 is 11.6 Å². The number of pyridine rings is 1. The minimum Gasteiger partial charge on any atom is -0.472 e. The van der Waals surface area contributed by atoms with Crippen molar-refractivity contribution >= 4 is 11.6 Å². The first-order chi connectivity index (χ1) is 8.52. The van der Waals surface area contributed by atoms with Gasteiger partial charge in [0.2, 0.25) is 0 Å². The number of aromatic nitrogens is 1. The Morgan fingerprint density at radius 1 is 1.44 bits per heavy atom. The van der Waals surface area contributed by atoms with Crippen molar-refractivity contribution < 1.29 is 9.13 Å². The van der Waals surface area contributed by atoms with Gasteiger partial charge in [0.15, 0.2) is 5.82 Å². The molecule has 1 aromatic rings. The van der Waals surface area contributed by atoms with E-state index in [-0.39, 0.29) is 17.9 Å². The van der Waals surface area contributed by atoms with E-state index in [4.69, 9.17) is 16.3 Å². The van der Waals surface area contributed by atoms with Crippen LogP contribution in [-0.2, 0) is 5.88 Å². The molecule has 2 rings (SSSR count). The van der Waals surface area contributed by atoms with Crippen LogP contribution in [0.1, 0.15) is 45.1 Å². The van der Waals surface area contributed by atoms with Gasteiger partial charge in [0.1, 0.15) is 6.10 Å². The van der Waals surface area contributed by atoms with Gasteiger partial charge in [-0.05, 0) is 37.2 Å². The van der Waals surface area contributed by atoms with Crippen molar-refractivity contribution in [2.45, 2.75) is 51.5 Å². The molecule has 0 saturated heterocycles. The van der Waals surface area contributed by atoms with Crippen molar-refractivity contribution in [1.29, 1.82) is 0 Å². The number of rotatable bonds is 3. The fourth-order valence-corrected chi connectivity index (χ4v) is 2.50. The molecule has 1 aliphatic rings. The standard InChI is InChI=1S/C14H19ClFNO/c1-14(2)6-3-11(4-7-14)18-13-12(16)10(9-15)5-8-17-13/h5,8,11H,3-4,6-7,9H2,1-2H3. The lowest BCUT2D eigenvalue weighted by Crippen LogP contribution is -2.28. The fourth-order valence-electron chi connectivity index (χ4n) is 2.30. The summed E-state index contributed by atoms with van der Waals surface area (Å²) in [7, 11) is 0. The van der Waals surface area contributed by atoms with E-state index in [0.29, 0.717) is 11.0 Å². The summed E-state index contributed by atoms with van der Waals surface area (Å²) < 4.78 is 19.6. The number of alkyl halides is 1. The number of hydrogen-bond acceptors (Lipinski definition) is 2. The lowest BCUT2D eigenvalue weighted by Gasteiger charge is -2.34. The molecule has 0 bridgehead atoms. The van der Waals surface area contributed by atoms with E-state index in [9.17, 15) is 4.39 Å². The van der Waals surface area contributed by atoms with Crippen LogP contribution in [-0.4, -0.2) is 11.1 Å². The Kier molecular flexibility index (Phi) is 4.10.